The fraction of sp³-hybridized carbons (Fsp3) is 0.125. The van der Waals surface area contributed by atoms with Gasteiger partial charge in [0.15, 0.2) is 92.8 Å². The van der Waals surface area contributed by atoms with Gasteiger partial charge in [-0.05, 0) is 241 Å². The zero-order valence-electron chi connectivity index (χ0n) is 84.0. The van der Waals surface area contributed by atoms with Crippen molar-refractivity contribution in [2.24, 2.45) is 0 Å². The second kappa shape index (κ2) is 57.3. The first-order valence-electron chi connectivity index (χ1n) is 46.8. The van der Waals surface area contributed by atoms with Gasteiger partial charge in [-0.1, -0.05) is 329 Å². The van der Waals surface area contributed by atoms with E-state index in [0.29, 0.717) is 83.5 Å². The van der Waals surface area contributed by atoms with Crippen LogP contribution in [0.3, 0.4) is 0 Å². The van der Waals surface area contributed by atoms with Gasteiger partial charge < -0.3 is 18.9 Å². The van der Waals surface area contributed by atoms with Crippen LogP contribution in [0.5, 0.6) is 23.0 Å². The van der Waals surface area contributed by atoms with Crippen LogP contribution in [-0.4, -0.2) is 28.4 Å². The Labute approximate surface area is 856 Å². The molecule has 760 valence electrons. The molecule has 148 heavy (non-hydrogen) atoms. The van der Waals surface area contributed by atoms with E-state index in [0.717, 1.165) is 70.2 Å². The lowest BCUT2D eigenvalue weighted by atomic mass is 10.0. The minimum absolute atomic E-state index is 0.0871. The van der Waals surface area contributed by atoms with Gasteiger partial charge in [-0.3, -0.25) is 0 Å². The first kappa shape index (κ1) is 115. The molecule has 0 aliphatic rings. The molecule has 0 bridgehead atoms. The normalized spacial score (nSPS) is 10.7. The summed E-state index contributed by atoms with van der Waals surface area (Å²) in [5.74, 6) is -14.0. The van der Waals surface area contributed by atoms with E-state index in [1.165, 1.54) is 77.0 Å². The highest BCUT2D eigenvalue weighted by Crippen LogP contribution is 2.38. The number of hydrogen-bond acceptors (Lipinski definition) is 4. The van der Waals surface area contributed by atoms with Gasteiger partial charge in [-0.15, -0.1) is 13.2 Å². The highest BCUT2D eigenvalue weighted by atomic mass is 19.2. The molecular formula is C128H112F16O4. The van der Waals surface area contributed by atoms with Gasteiger partial charge in [-0.25, -0.2) is 52.7 Å². The van der Waals surface area contributed by atoms with Crippen LogP contribution in [0.4, 0.5) is 70.2 Å². The Bertz CT molecular complexity index is 7300. The zero-order valence-corrected chi connectivity index (χ0v) is 84.0. The summed E-state index contributed by atoms with van der Waals surface area (Å²) in [6, 6.07) is 82.9. The summed E-state index contributed by atoms with van der Waals surface area (Å²) in [5, 5.41) is 0. The molecule has 0 spiro atoms. The maximum absolute atomic E-state index is 14.0. The van der Waals surface area contributed by atoms with E-state index in [2.05, 4.69) is 32.4 Å². The van der Waals surface area contributed by atoms with Crippen LogP contribution in [-0.2, 0) is 25.7 Å². The highest BCUT2D eigenvalue weighted by Gasteiger charge is 2.23. The van der Waals surface area contributed by atoms with Crippen LogP contribution in [0.2, 0.25) is 0 Å². The van der Waals surface area contributed by atoms with E-state index in [1.54, 1.807) is 198 Å². The van der Waals surface area contributed by atoms with Gasteiger partial charge in [0, 0.05) is 44.5 Å². The molecule has 0 saturated carbocycles. The second-order valence-electron chi connectivity index (χ2n) is 33.2. The monoisotopic (exact) mass is 2020 g/mol. The van der Waals surface area contributed by atoms with E-state index >= 15 is 0 Å². The minimum atomic E-state index is -0.970. The molecule has 0 aromatic heterocycles. The molecule has 0 unspecified atom stereocenters. The summed E-state index contributed by atoms with van der Waals surface area (Å²) in [7, 11) is 5.23. The predicted octanol–water partition coefficient (Wildman–Crippen LogP) is 37.4. The van der Waals surface area contributed by atoms with Crippen molar-refractivity contribution in [1.82, 2.24) is 0 Å². The molecule has 16 aromatic carbocycles. The Morgan fingerprint density at radius 1 is 0.189 bits per heavy atom. The van der Waals surface area contributed by atoms with Crippen LogP contribution in [0.15, 0.2) is 366 Å². The van der Waals surface area contributed by atoms with Crippen molar-refractivity contribution in [2.45, 2.75) is 81.1 Å². The molecular weight excluding hydrogens is 1910 g/mol. The van der Waals surface area contributed by atoms with E-state index in [-0.39, 0.29) is 50.8 Å². The molecule has 16 rings (SSSR count). The number of rotatable bonds is 24. The Morgan fingerprint density at radius 2 is 0.358 bits per heavy atom. The number of ether oxygens (including phenoxy) is 4. The van der Waals surface area contributed by atoms with E-state index in [1.807, 2.05) is 167 Å². The van der Waals surface area contributed by atoms with Crippen molar-refractivity contribution in [3.63, 3.8) is 0 Å². The average Bonchev–Trinajstić information content (AvgIpc) is 0.801. The lowest BCUT2D eigenvalue weighted by Gasteiger charge is -2.08. The summed E-state index contributed by atoms with van der Waals surface area (Å²) in [6.07, 6.45) is 26.0. The summed E-state index contributed by atoms with van der Waals surface area (Å²) < 4.78 is 238. The molecule has 4 nitrogen and oxygen atoms in total. The molecule has 0 heterocycles. The Morgan fingerprint density at radius 3 is 0.527 bits per heavy atom. The summed E-state index contributed by atoms with van der Waals surface area (Å²) in [6.45, 7) is 28.6. The molecule has 20 heteroatoms. The largest absolute Gasteiger partial charge is 0.494 e. The van der Waals surface area contributed by atoms with Crippen molar-refractivity contribution in [1.29, 1.82) is 0 Å². The predicted molar refractivity (Wildman–Crippen MR) is 574 cm³/mol. The van der Waals surface area contributed by atoms with Crippen LogP contribution in [0, 0.1) is 121 Å². The SMILES string of the molecule is C=CCc1ccc(-c2ccc(C)c(F)c2F)cc1.C=CCc1ccc(-c2ccc(OC)c(F)c2F)cc1.C=Cc1ccc(-c2ccc(C)c(F)c2F)cc1.C=Cc1ccc(-c2ccc(OC)c(F)c2F)cc1.CC=CCc1ccc(-c2ccc(C)c(F)c2F)cc1.CC=CCc1ccc(-c2ccc(OC)c(F)c2F)cc1.CC=Cc1ccc(-c2ccc(C)c(F)c2F)cc1.CC=Cc1ccc(-c2ccc(OC)c(F)c2F)cc1. The standard InChI is InChI=1S/C17H16F2O.C17H16F2.2C16H14F2O.2C16H14F2.C15H12F2O.C15H12F2/c1-3-4-5-12-6-8-13(9-7-12)14-10-11-15(20-2)17(19)16(14)18;1-3-4-5-13-7-9-14(10-8-13)15-11-6-12(2)16(18)17(15)19;2*1-3-4-11-5-7-12(8-6-11)13-9-10-14(19-2)16(18)15(13)17;2*1-3-4-12-6-8-13(9-7-12)14-10-5-11(2)15(17)16(14)18;1-3-10-4-6-11(7-5-10)12-8-9-13(18-2)15(17)14(12)16;1-3-11-5-7-12(8-6-11)13-9-4-10(2)14(16)15(13)17/h3-4,6-11H,5H2,1-2H3;3-4,6-11H,5H2,1-2H3;3-10H,1-2H3;3,5-10H,1,4H2,2H3;3-10H,1-2H3;3,5-10H,1,4H2,2H3;3-9H,1H2,2H3;3-9H,1H2,2H3. The van der Waals surface area contributed by atoms with Crippen molar-refractivity contribution < 1.29 is 89.2 Å². The number of hydrogen-bond donors (Lipinski definition) is 0. The van der Waals surface area contributed by atoms with E-state index < -0.39 is 93.1 Å². The molecule has 0 N–H and O–H groups in total. The molecule has 0 amide bonds. The Kier molecular flexibility index (Phi) is 44.5. The molecule has 0 radical (unpaired) electrons. The summed E-state index contributed by atoms with van der Waals surface area (Å²) in [5.41, 5.74) is 17.0. The zero-order chi connectivity index (χ0) is 108. The fourth-order valence-electron chi connectivity index (χ4n) is 14.8. The van der Waals surface area contributed by atoms with Gasteiger partial charge >= 0.3 is 0 Å². The minimum Gasteiger partial charge on any atom is -0.494 e. The number of halogens is 16. The van der Waals surface area contributed by atoms with Crippen molar-refractivity contribution >= 4 is 24.3 Å². The van der Waals surface area contributed by atoms with Gasteiger partial charge in [0.05, 0.1) is 28.4 Å². The molecule has 0 saturated heterocycles. The van der Waals surface area contributed by atoms with Crippen LogP contribution < -0.4 is 18.9 Å². The number of allylic oxidation sites excluding steroid dienone is 8. The topological polar surface area (TPSA) is 36.9 Å². The molecule has 0 aliphatic carbocycles. The third-order valence-corrected chi connectivity index (χ3v) is 23.2. The third kappa shape index (κ3) is 30.8. The maximum atomic E-state index is 14.0. The van der Waals surface area contributed by atoms with E-state index in [4.69, 9.17) is 18.9 Å². The third-order valence-electron chi connectivity index (χ3n) is 23.2. The molecule has 16 aromatic rings. The number of aryl methyl sites for hydroxylation is 4. The lowest BCUT2D eigenvalue weighted by Crippen LogP contribution is -1.95. The number of methoxy groups -OCH3 is 4. The van der Waals surface area contributed by atoms with Crippen molar-refractivity contribution in [3.05, 3.63) is 526 Å². The van der Waals surface area contributed by atoms with Crippen LogP contribution in [0.1, 0.15) is 94.5 Å². The highest BCUT2D eigenvalue weighted by molar-refractivity contribution is 5.74. The average molecular weight is 2020 g/mol. The molecule has 0 atom stereocenters. The van der Waals surface area contributed by atoms with Gasteiger partial charge in [0.1, 0.15) is 0 Å². The van der Waals surface area contributed by atoms with Crippen molar-refractivity contribution in [3.8, 4) is 112 Å². The van der Waals surface area contributed by atoms with Crippen LogP contribution >= 0.6 is 0 Å². The Balaban J connectivity index is 0.000000188. The maximum Gasteiger partial charge on any atom is 0.201 e. The lowest BCUT2D eigenvalue weighted by molar-refractivity contribution is 0.372. The van der Waals surface area contributed by atoms with Crippen LogP contribution in [0.25, 0.3) is 113 Å². The summed E-state index contributed by atoms with van der Waals surface area (Å²) >= 11 is 0. The van der Waals surface area contributed by atoms with Gasteiger partial charge in [0.25, 0.3) is 0 Å². The first-order valence-corrected chi connectivity index (χ1v) is 46.8. The van der Waals surface area contributed by atoms with Crippen molar-refractivity contribution in [2.75, 3.05) is 28.4 Å². The first-order chi connectivity index (χ1) is 71.2. The smallest absolute Gasteiger partial charge is 0.201 e. The Hall–Kier alpha value is -16.5. The molecule has 0 aliphatic heterocycles. The fourth-order valence-corrected chi connectivity index (χ4v) is 14.8. The van der Waals surface area contributed by atoms with Gasteiger partial charge in [-0.2, -0.15) is 17.6 Å². The number of benzene rings is 16. The quantitative estimate of drug-likeness (QED) is 0.0446. The van der Waals surface area contributed by atoms with E-state index in [9.17, 15) is 70.2 Å². The van der Waals surface area contributed by atoms with Gasteiger partial charge in [0.2, 0.25) is 23.3 Å². The summed E-state index contributed by atoms with van der Waals surface area (Å²) in [4.78, 5) is 0. The molecule has 0 fully saturated rings. The second-order valence-corrected chi connectivity index (χ2v) is 33.2.